The fourth-order valence-electron chi connectivity index (χ4n) is 2.20. The number of amides is 1. The zero-order valence-electron chi connectivity index (χ0n) is 12.9. The predicted octanol–water partition coefficient (Wildman–Crippen LogP) is 2.64. The number of thioether (sulfide) groups is 1. The second-order valence-electron chi connectivity index (χ2n) is 4.98. The van der Waals surface area contributed by atoms with Crippen molar-refractivity contribution in [1.82, 2.24) is 4.31 Å². The Hall–Kier alpha value is -2.58. The van der Waals surface area contributed by atoms with Gasteiger partial charge in [0.25, 0.3) is 15.9 Å². The quantitative estimate of drug-likeness (QED) is 0.454. The van der Waals surface area contributed by atoms with E-state index in [1.807, 2.05) is 30.3 Å². The number of carbonyl (C=O) groups excluding carboxylic acids is 2. The number of hydrogen-bond donors (Lipinski definition) is 0. The van der Waals surface area contributed by atoms with Gasteiger partial charge in [-0.25, -0.2) is 13.2 Å². The summed E-state index contributed by atoms with van der Waals surface area (Å²) in [6, 6.07) is 15.3. The minimum absolute atomic E-state index is 0.0775. The normalized spacial score (nSPS) is 15.4. The van der Waals surface area contributed by atoms with Crippen molar-refractivity contribution in [3.63, 3.8) is 0 Å². The molecule has 128 valence electrons. The number of fused-ring (bicyclic) bond motifs is 1. The van der Waals surface area contributed by atoms with Gasteiger partial charge in [-0.05, 0) is 29.7 Å². The molecule has 1 aliphatic rings. The molecule has 3 rings (SSSR count). The summed E-state index contributed by atoms with van der Waals surface area (Å²) >= 11 is 1.32. The summed E-state index contributed by atoms with van der Waals surface area (Å²) in [4.78, 5) is 24.7. The Balaban J connectivity index is 1.60. The second-order valence-corrected chi connectivity index (χ2v) is 7.79. The maximum Gasteiger partial charge on any atom is 0.333 e. The Morgan fingerprint density at radius 1 is 1.08 bits per heavy atom. The third-order valence-electron chi connectivity index (χ3n) is 3.39. The molecule has 8 heteroatoms. The first-order valence-corrected chi connectivity index (χ1v) is 9.53. The first kappa shape index (κ1) is 17.2. The monoisotopic (exact) mass is 375 g/mol. The molecule has 2 aromatic carbocycles. The van der Waals surface area contributed by atoms with E-state index in [-0.39, 0.29) is 10.5 Å². The lowest BCUT2D eigenvalue weighted by Gasteiger charge is -2.14. The molecular weight excluding hydrogens is 362 g/mol. The fourth-order valence-corrected chi connectivity index (χ4v) is 4.28. The van der Waals surface area contributed by atoms with Crippen molar-refractivity contribution in [1.29, 1.82) is 0 Å². The molecule has 2 aromatic rings. The minimum atomic E-state index is -3.98. The molecule has 6 nitrogen and oxygen atoms in total. The van der Waals surface area contributed by atoms with Gasteiger partial charge in [0.05, 0.1) is 5.56 Å². The third-order valence-corrected chi connectivity index (χ3v) is 5.97. The van der Waals surface area contributed by atoms with Crippen molar-refractivity contribution < 1.29 is 22.7 Å². The van der Waals surface area contributed by atoms with Crippen molar-refractivity contribution in [2.45, 2.75) is 9.79 Å². The molecule has 0 fully saturated rings. The lowest BCUT2D eigenvalue weighted by molar-refractivity contribution is -0.139. The molecule has 0 aliphatic carbocycles. The highest BCUT2D eigenvalue weighted by atomic mass is 32.2. The maximum absolute atomic E-state index is 12.3. The third kappa shape index (κ3) is 3.59. The van der Waals surface area contributed by atoms with Gasteiger partial charge in [-0.15, -0.1) is 0 Å². The SMILES string of the molecule is O=C(/C=C\Sc1ccccc1)OCN1C(=O)c2ccccc2S1(=O)=O. The Labute approximate surface area is 149 Å². The van der Waals surface area contributed by atoms with Gasteiger partial charge in [-0.3, -0.25) is 4.79 Å². The molecule has 0 aromatic heterocycles. The predicted molar refractivity (Wildman–Crippen MR) is 92.2 cm³/mol. The van der Waals surface area contributed by atoms with Crippen LogP contribution in [0.15, 0.2) is 75.9 Å². The fraction of sp³-hybridized carbons (Fsp3) is 0.0588. The van der Waals surface area contributed by atoms with Crippen molar-refractivity contribution in [2.24, 2.45) is 0 Å². The molecule has 0 saturated heterocycles. The van der Waals surface area contributed by atoms with Gasteiger partial charge in [-0.1, -0.05) is 42.1 Å². The number of rotatable bonds is 5. The number of nitrogens with zero attached hydrogens (tertiary/aromatic N) is 1. The van der Waals surface area contributed by atoms with E-state index in [2.05, 4.69) is 0 Å². The van der Waals surface area contributed by atoms with E-state index in [1.54, 1.807) is 6.07 Å². The van der Waals surface area contributed by atoms with Crippen LogP contribution in [0.2, 0.25) is 0 Å². The summed E-state index contributed by atoms with van der Waals surface area (Å²) in [7, 11) is -3.98. The van der Waals surface area contributed by atoms with Crippen LogP contribution in [0, 0.1) is 0 Å². The lowest BCUT2D eigenvalue weighted by atomic mass is 10.2. The first-order valence-electron chi connectivity index (χ1n) is 7.21. The van der Waals surface area contributed by atoms with E-state index >= 15 is 0 Å². The van der Waals surface area contributed by atoms with Crippen LogP contribution in [0.1, 0.15) is 10.4 Å². The van der Waals surface area contributed by atoms with Crippen molar-refractivity contribution in [2.75, 3.05) is 6.73 Å². The van der Waals surface area contributed by atoms with Gasteiger partial charge in [0.2, 0.25) is 0 Å². The summed E-state index contributed by atoms with van der Waals surface area (Å²) in [5.41, 5.74) is 0.0775. The van der Waals surface area contributed by atoms with E-state index in [9.17, 15) is 18.0 Å². The lowest BCUT2D eigenvalue weighted by Crippen LogP contribution is -2.33. The van der Waals surface area contributed by atoms with E-state index in [0.717, 1.165) is 4.90 Å². The molecule has 1 heterocycles. The zero-order chi connectivity index (χ0) is 17.9. The molecule has 0 bridgehead atoms. The number of esters is 1. The standard InChI is InChI=1S/C17H13NO5S2/c19-16(10-11-24-13-6-2-1-3-7-13)23-12-18-17(20)14-8-4-5-9-15(14)25(18,21)22/h1-11H,12H2/b11-10-. The maximum atomic E-state index is 12.3. The highest BCUT2D eigenvalue weighted by molar-refractivity contribution is 8.02. The van der Waals surface area contributed by atoms with Crippen LogP contribution in [0.5, 0.6) is 0 Å². The van der Waals surface area contributed by atoms with Gasteiger partial charge >= 0.3 is 5.97 Å². The molecule has 25 heavy (non-hydrogen) atoms. The molecule has 1 aliphatic heterocycles. The van der Waals surface area contributed by atoms with Gasteiger partial charge in [0.1, 0.15) is 4.90 Å². The van der Waals surface area contributed by atoms with Gasteiger partial charge < -0.3 is 4.74 Å². The van der Waals surface area contributed by atoms with Gasteiger partial charge in [0.15, 0.2) is 6.73 Å². The Morgan fingerprint density at radius 3 is 2.48 bits per heavy atom. The smallest absolute Gasteiger partial charge is 0.333 e. The van der Waals surface area contributed by atoms with Crippen LogP contribution in [-0.4, -0.2) is 31.3 Å². The molecule has 1 amide bonds. The second kappa shape index (κ2) is 7.12. The molecule has 0 radical (unpaired) electrons. The molecule has 0 spiro atoms. The number of carbonyl (C=O) groups is 2. The summed E-state index contributed by atoms with van der Waals surface area (Å²) in [6.45, 7) is -0.658. The Morgan fingerprint density at radius 2 is 1.76 bits per heavy atom. The average Bonchev–Trinajstić information content (AvgIpc) is 2.81. The molecule has 0 N–H and O–H groups in total. The van der Waals surface area contributed by atoms with Gasteiger partial charge in [0, 0.05) is 11.0 Å². The highest BCUT2D eigenvalue weighted by Crippen LogP contribution is 2.29. The van der Waals surface area contributed by atoms with Crippen LogP contribution < -0.4 is 0 Å². The highest BCUT2D eigenvalue weighted by Gasteiger charge is 2.41. The topological polar surface area (TPSA) is 80.8 Å². The summed E-state index contributed by atoms with van der Waals surface area (Å²) in [5.74, 6) is -1.44. The van der Waals surface area contributed by atoms with Crippen LogP contribution in [0.25, 0.3) is 0 Å². The Bertz CT molecular complexity index is 939. The van der Waals surface area contributed by atoms with Crippen LogP contribution in [0.4, 0.5) is 0 Å². The molecule has 0 unspecified atom stereocenters. The largest absolute Gasteiger partial charge is 0.440 e. The number of sulfonamides is 1. The Kier molecular flexibility index (Phi) is 4.91. The minimum Gasteiger partial charge on any atom is -0.440 e. The first-order chi connectivity index (χ1) is 12.0. The van der Waals surface area contributed by atoms with Gasteiger partial charge in [-0.2, -0.15) is 4.31 Å². The van der Waals surface area contributed by atoms with E-state index < -0.39 is 28.6 Å². The number of ether oxygens (including phenoxy) is 1. The van der Waals surface area contributed by atoms with Crippen LogP contribution >= 0.6 is 11.8 Å². The van der Waals surface area contributed by atoms with E-state index in [1.165, 1.54) is 41.4 Å². The van der Waals surface area contributed by atoms with Crippen molar-refractivity contribution >= 4 is 33.7 Å². The summed E-state index contributed by atoms with van der Waals surface area (Å²) in [6.07, 6.45) is 1.18. The molecule has 0 atom stereocenters. The molecular formula is C17H13NO5S2. The van der Waals surface area contributed by atoms with Crippen molar-refractivity contribution in [3.05, 3.63) is 71.6 Å². The zero-order valence-corrected chi connectivity index (χ0v) is 14.5. The van der Waals surface area contributed by atoms with E-state index in [0.29, 0.717) is 4.31 Å². The van der Waals surface area contributed by atoms with Crippen molar-refractivity contribution in [3.8, 4) is 0 Å². The average molecular weight is 375 g/mol. The summed E-state index contributed by atoms with van der Waals surface area (Å²) in [5, 5.41) is 1.53. The van der Waals surface area contributed by atoms with Crippen LogP contribution in [0.3, 0.4) is 0 Å². The van der Waals surface area contributed by atoms with Crippen LogP contribution in [-0.2, 0) is 19.6 Å². The number of benzene rings is 2. The molecule has 0 saturated carbocycles. The summed E-state index contributed by atoms with van der Waals surface area (Å²) < 4.78 is 30.0. The number of hydrogen-bond acceptors (Lipinski definition) is 6. The van der Waals surface area contributed by atoms with E-state index in [4.69, 9.17) is 4.74 Å².